The summed E-state index contributed by atoms with van der Waals surface area (Å²) < 4.78 is 5.17. The second-order valence-electron chi connectivity index (χ2n) is 6.10. The standard InChI is InChI=1S/C21H26N2O3/c1-4-22-21(25)20(14-17-8-6-5-7-9-17)23(16(2)24)15-18-10-12-19(26-3)13-11-18/h5-13,20H,4,14-15H2,1-3H3,(H,22,25). The number of benzene rings is 2. The molecule has 1 N–H and O–H groups in total. The highest BCUT2D eigenvalue weighted by atomic mass is 16.5. The predicted octanol–water partition coefficient (Wildman–Crippen LogP) is 2.79. The van der Waals surface area contributed by atoms with Gasteiger partial charge in [-0.3, -0.25) is 9.59 Å². The van der Waals surface area contributed by atoms with Crippen LogP contribution in [0.2, 0.25) is 0 Å². The fraction of sp³-hybridized carbons (Fsp3) is 0.333. The summed E-state index contributed by atoms with van der Waals surface area (Å²) in [4.78, 5) is 26.6. The molecule has 0 aromatic heterocycles. The van der Waals surface area contributed by atoms with Gasteiger partial charge in [0.25, 0.3) is 0 Å². The summed E-state index contributed by atoms with van der Waals surface area (Å²) >= 11 is 0. The molecule has 138 valence electrons. The van der Waals surface area contributed by atoms with E-state index in [1.165, 1.54) is 6.92 Å². The molecule has 1 unspecified atom stereocenters. The molecule has 0 saturated carbocycles. The molecule has 0 aliphatic carbocycles. The van der Waals surface area contributed by atoms with Crippen LogP contribution in [0.3, 0.4) is 0 Å². The van der Waals surface area contributed by atoms with Gasteiger partial charge < -0.3 is 15.0 Å². The zero-order valence-corrected chi connectivity index (χ0v) is 15.6. The Balaban J connectivity index is 2.26. The summed E-state index contributed by atoms with van der Waals surface area (Å²) in [6.07, 6.45) is 0.475. The first-order valence-corrected chi connectivity index (χ1v) is 8.77. The van der Waals surface area contributed by atoms with Crippen molar-refractivity contribution in [1.82, 2.24) is 10.2 Å². The summed E-state index contributed by atoms with van der Waals surface area (Å²) in [6, 6.07) is 16.7. The van der Waals surface area contributed by atoms with E-state index in [0.717, 1.165) is 16.9 Å². The smallest absolute Gasteiger partial charge is 0.243 e. The Kier molecular flexibility index (Phi) is 7.21. The Labute approximate surface area is 155 Å². The minimum Gasteiger partial charge on any atom is -0.497 e. The largest absolute Gasteiger partial charge is 0.497 e. The molecular weight excluding hydrogens is 328 g/mol. The van der Waals surface area contributed by atoms with E-state index in [1.807, 2.05) is 61.5 Å². The second-order valence-corrected chi connectivity index (χ2v) is 6.10. The van der Waals surface area contributed by atoms with E-state index in [-0.39, 0.29) is 11.8 Å². The van der Waals surface area contributed by atoms with Gasteiger partial charge in [0.1, 0.15) is 11.8 Å². The molecule has 0 saturated heterocycles. The van der Waals surface area contributed by atoms with Crippen molar-refractivity contribution in [1.29, 1.82) is 0 Å². The Morgan fingerprint density at radius 2 is 1.69 bits per heavy atom. The van der Waals surface area contributed by atoms with Crippen LogP contribution < -0.4 is 10.1 Å². The van der Waals surface area contributed by atoms with Crippen molar-refractivity contribution < 1.29 is 14.3 Å². The third-order valence-corrected chi connectivity index (χ3v) is 4.22. The number of likely N-dealkylation sites (N-methyl/N-ethyl adjacent to an activating group) is 1. The molecule has 0 heterocycles. The Morgan fingerprint density at radius 3 is 2.23 bits per heavy atom. The van der Waals surface area contributed by atoms with Gasteiger partial charge in [0.05, 0.1) is 7.11 Å². The molecule has 2 amide bonds. The average Bonchev–Trinajstić information content (AvgIpc) is 2.66. The second kappa shape index (κ2) is 9.61. The van der Waals surface area contributed by atoms with Crippen LogP contribution in [0.5, 0.6) is 5.75 Å². The van der Waals surface area contributed by atoms with Gasteiger partial charge in [-0.15, -0.1) is 0 Å². The third kappa shape index (κ3) is 5.34. The van der Waals surface area contributed by atoms with Gasteiger partial charge in [-0.05, 0) is 30.2 Å². The highest BCUT2D eigenvalue weighted by Crippen LogP contribution is 2.17. The van der Waals surface area contributed by atoms with Crippen molar-refractivity contribution in [3.8, 4) is 5.75 Å². The van der Waals surface area contributed by atoms with E-state index >= 15 is 0 Å². The fourth-order valence-electron chi connectivity index (χ4n) is 2.84. The number of nitrogens with one attached hydrogen (secondary N) is 1. The van der Waals surface area contributed by atoms with Gasteiger partial charge in [0.2, 0.25) is 11.8 Å². The topological polar surface area (TPSA) is 58.6 Å². The fourth-order valence-corrected chi connectivity index (χ4v) is 2.84. The number of amides is 2. The maximum Gasteiger partial charge on any atom is 0.243 e. The average molecular weight is 354 g/mol. The number of nitrogens with zero attached hydrogens (tertiary/aromatic N) is 1. The SMILES string of the molecule is CCNC(=O)C(Cc1ccccc1)N(Cc1ccc(OC)cc1)C(C)=O. The molecule has 26 heavy (non-hydrogen) atoms. The summed E-state index contributed by atoms with van der Waals surface area (Å²) in [5.74, 6) is 0.487. The van der Waals surface area contributed by atoms with Crippen molar-refractivity contribution in [3.05, 3.63) is 65.7 Å². The molecular formula is C21H26N2O3. The van der Waals surface area contributed by atoms with Crippen LogP contribution in [0.15, 0.2) is 54.6 Å². The van der Waals surface area contributed by atoms with Crippen molar-refractivity contribution in [3.63, 3.8) is 0 Å². The van der Waals surface area contributed by atoms with Gasteiger partial charge in [0.15, 0.2) is 0 Å². The van der Waals surface area contributed by atoms with E-state index in [1.54, 1.807) is 12.0 Å². The van der Waals surface area contributed by atoms with E-state index < -0.39 is 6.04 Å². The van der Waals surface area contributed by atoms with Crippen molar-refractivity contribution in [2.45, 2.75) is 32.9 Å². The van der Waals surface area contributed by atoms with Crippen LogP contribution in [0, 0.1) is 0 Å². The summed E-state index contributed by atoms with van der Waals surface area (Å²) in [6.45, 7) is 4.27. The molecule has 0 bridgehead atoms. The number of carbonyl (C=O) groups is 2. The Bertz CT molecular complexity index is 714. The lowest BCUT2D eigenvalue weighted by Crippen LogP contribution is -2.49. The molecule has 0 aliphatic heterocycles. The molecule has 0 fully saturated rings. The number of rotatable bonds is 8. The lowest BCUT2D eigenvalue weighted by molar-refractivity contribution is -0.139. The summed E-state index contributed by atoms with van der Waals surface area (Å²) in [7, 11) is 1.61. The maximum absolute atomic E-state index is 12.7. The zero-order valence-electron chi connectivity index (χ0n) is 15.6. The number of carbonyl (C=O) groups excluding carboxylic acids is 2. The van der Waals surface area contributed by atoms with Gasteiger partial charge in [-0.1, -0.05) is 42.5 Å². The van der Waals surface area contributed by atoms with E-state index in [2.05, 4.69) is 5.32 Å². The first-order chi connectivity index (χ1) is 12.5. The monoisotopic (exact) mass is 354 g/mol. The molecule has 5 nitrogen and oxygen atoms in total. The first-order valence-electron chi connectivity index (χ1n) is 8.77. The molecule has 5 heteroatoms. The van der Waals surface area contributed by atoms with Crippen LogP contribution in [-0.2, 0) is 22.6 Å². The van der Waals surface area contributed by atoms with Crippen LogP contribution in [-0.4, -0.2) is 36.4 Å². The van der Waals surface area contributed by atoms with Crippen molar-refractivity contribution in [2.75, 3.05) is 13.7 Å². The maximum atomic E-state index is 12.7. The zero-order chi connectivity index (χ0) is 18.9. The molecule has 1 atom stereocenters. The highest BCUT2D eigenvalue weighted by Gasteiger charge is 2.28. The minimum absolute atomic E-state index is 0.131. The van der Waals surface area contributed by atoms with Crippen LogP contribution in [0.1, 0.15) is 25.0 Å². The molecule has 0 aliphatic rings. The third-order valence-electron chi connectivity index (χ3n) is 4.22. The van der Waals surface area contributed by atoms with Crippen LogP contribution in [0.25, 0.3) is 0 Å². The van der Waals surface area contributed by atoms with E-state index in [0.29, 0.717) is 19.5 Å². The molecule has 2 aromatic carbocycles. The molecule has 0 radical (unpaired) electrons. The minimum atomic E-state index is -0.558. The molecule has 2 rings (SSSR count). The quantitative estimate of drug-likeness (QED) is 0.793. The van der Waals surface area contributed by atoms with Gasteiger partial charge in [-0.25, -0.2) is 0 Å². The predicted molar refractivity (Wildman–Crippen MR) is 102 cm³/mol. The number of ether oxygens (including phenoxy) is 1. The van der Waals surface area contributed by atoms with E-state index in [4.69, 9.17) is 4.74 Å². The molecule has 2 aromatic rings. The molecule has 0 spiro atoms. The Morgan fingerprint density at radius 1 is 1.04 bits per heavy atom. The first kappa shape index (κ1) is 19.5. The normalized spacial score (nSPS) is 11.5. The van der Waals surface area contributed by atoms with E-state index in [9.17, 15) is 9.59 Å². The van der Waals surface area contributed by atoms with Gasteiger partial charge in [0, 0.05) is 26.4 Å². The van der Waals surface area contributed by atoms with Gasteiger partial charge >= 0.3 is 0 Å². The number of methoxy groups -OCH3 is 1. The summed E-state index contributed by atoms with van der Waals surface area (Å²) in [5.41, 5.74) is 1.97. The lowest BCUT2D eigenvalue weighted by atomic mass is 10.0. The van der Waals surface area contributed by atoms with Gasteiger partial charge in [-0.2, -0.15) is 0 Å². The lowest BCUT2D eigenvalue weighted by Gasteiger charge is -2.30. The number of hydrogen-bond acceptors (Lipinski definition) is 3. The summed E-state index contributed by atoms with van der Waals surface area (Å²) in [5, 5.41) is 2.85. The van der Waals surface area contributed by atoms with Crippen molar-refractivity contribution in [2.24, 2.45) is 0 Å². The number of hydrogen-bond donors (Lipinski definition) is 1. The van der Waals surface area contributed by atoms with Crippen molar-refractivity contribution >= 4 is 11.8 Å². The van der Waals surface area contributed by atoms with Crippen LogP contribution in [0.4, 0.5) is 0 Å². The van der Waals surface area contributed by atoms with Crippen LogP contribution >= 0.6 is 0 Å². The Hall–Kier alpha value is -2.82. The highest BCUT2D eigenvalue weighted by molar-refractivity contribution is 5.87.